The van der Waals surface area contributed by atoms with Crippen molar-refractivity contribution in [1.29, 1.82) is 0 Å². The van der Waals surface area contributed by atoms with Gasteiger partial charge in [-0.05, 0) is 50.0 Å². The van der Waals surface area contributed by atoms with E-state index in [0.717, 1.165) is 43.7 Å². The van der Waals surface area contributed by atoms with Gasteiger partial charge in [0.25, 0.3) is 0 Å². The average molecular weight is 290 g/mol. The van der Waals surface area contributed by atoms with Crippen molar-refractivity contribution in [3.05, 3.63) is 12.2 Å². The fourth-order valence-corrected chi connectivity index (χ4v) is 4.36. The molecule has 2 saturated carbocycles. The van der Waals surface area contributed by atoms with Gasteiger partial charge in [0, 0.05) is 19.0 Å². The lowest BCUT2D eigenvalue weighted by molar-refractivity contribution is 0.410. The lowest BCUT2D eigenvalue weighted by atomic mass is 10.0. The molecule has 0 aliphatic heterocycles. The van der Waals surface area contributed by atoms with Crippen molar-refractivity contribution >= 4 is 0 Å². The van der Waals surface area contributed by atoms with Crippen LogP contribution in [0.4, 0.5) is 0 Å². The van der Waals surface area contributed by atoms with E-state index in [1.165, 1.54) is 37.9 Å². The van der Waals surface area contributed by atoms with Gasteiger partial charge in [-0.3, -0.25) is 4.68 Å². The SMILES string of the molecule is CCCNC(Cc1ncnn1CCC)C1C2CCCCC21. The highest BCUT2D eigenvalue weighted by Gasteiger charge is 2.53. The van der Waals surface area contributed by atoms with Gasteiger partial charge in [0.15, 0.2) is 0 Å². The summed E-state index contributed by atoms with van der Waals surface area (Å²) in [4.78, 5) is 4.52. The van der Waals surface area contributed by atoms with E-state index < -0.39 is 0 Å². The molecule has 2 aliphatic carbocycles. The van der Waals surface area contributed by atoms with Gasteiger partial charge in [-0.2, -0.15) is 5.10 Å². The molecule has 0 aromatic carbocycles. The maximum absolute atomic E-state index is 4.52. The van der Waals surface area contributed by atoms with Crippen LogP contribution in [0.25, 0.3) is 0 Å². The number of fused-ring (bicyclic) bond motifs is 1. The molecule has 4 nitrogen and oxygen atoms in total. The van der Waals surface area contributed by atoms with E-state index in [-0.39, 0.29) is 0 Å². The van der Waals surface area contributed by atoms with Crippen molar-refractivity contribution in [3.63, 3.8) is 0 Å². The molecule has 3 unspecified atom stereocenters. The van der Waals surface area contributed by atoms with Crippen molar-refractivity contribution in [1.82, 2.24) is 20.1 Å². The van der Waals surface area contributed by atoms with Gasteiger partial charge in [0.2, 0.25) is 0 Å². The van der Waals surface area contributed by atoms with Crippen molar-refractivity contribution < 1.29 is 0 Å². The summed E-state index contributed by atoms with van der Waals surface area (Å²) in [6.45, 7) is 6.58. The third-order valence-electron chi connectivity index (χ3n) is 5.38. The Hall–Kier alpha value is -0.900. The average Bonchev–Trinajstić information content (AvgIpc) is 3.08. The first-order valence-corrected chi connectivity index (χ1v) is 8.95. The lowest BCUT2D eigenvalue weighted by Gasteiger charge is -2.19. The fraction of sp³-hybridized carbons (Fsp3) is 0.882. The molecule has 3 atom stereocenters. The Morgan fingerprint density at radius 2 is 2.00 bits per heavy atom. The van der Waals surface area contributed by atoms with E-state index in [0.29, 0.717) is 6.04 Å². The van der Waals surface area contributed by atoms with E-state index in [1.54, 1.807) is 6.33 Å². The smallest absolute Gasteiger partial charge is 0.138 e. The normalized spacial score (nSPS) is 29.1. The molecule has 2 aliphatic rings. The van der Waals surface area contributed by atoms with E-state index in [1.807, 2.05) is 0 Å². The van der Waals surface area contributed by atoms with Crippen molar-refractivity contribution in [2.24, 2.45) is 17.8 Å². The number of nitrogens with zero attached hydrogens (tertiary/aromatic N) is 3. The second kappa shape index (κ2) is 6.91. The molecule has 0 spiro atoms. The van der Waals surface area contributed by atoms with Gasteiger partial charge in [0.05, 0.1) is 0 Å². The van der Waals surface area contributed by atoms with Gasteiger partial charge in [-0.1, -0.05) is 26.7 Å². The van der Waals surface area contributed by atoms with Gasteiger partial charge < -0.3 is 5.32 Å². The van der Waals surface area contributed by atoms with Gasteiger partial charge in [0.1, 0.15) is 12.2 Å². The molecule has 1 aromatic rings. The number of hydrogen-bond acceptors (Lipinski definition) is 3. The monoisotopic (exact) mass is 290 g/mol. The highest BCUT2D eigenvalue weighted by molar-refractivity contribution is 5.07. The Kier molecular flexibility index (Phi) is 4.94. The quantitative estimate of drug-likeness (QED) is 0.800. The van der Waals surface area contributed by atoms with Crippen LogP contribution in [0.5, 0.6) is 0 Å². The number of aryl methyl sites for hydroxylation is 1. The van der Waals surface area contributed by atoms with Crippen LogP contribution < -0.4 is 5.32 Å². The summed E-state index contributed by atoms with van der Waals surface area (Å²) in [6.07, 6.45) is 10.9. The molecular formula is C17H30N4. The number of aromatic nitrogens is 3. The van der Waals surface area contributed by atoms with Gasteiger partial charge in [-0.15, -0.1) is 0 Å². The number of hydrogen-bond donors (Lipinski definition) is 1. The topological polar surface area (TPSA) is 42.7 Å². The summed E-state index contributed by atoms with van der Waals surface area (Å²) in [5.41, 5.74) is 0. The van der Waals surface area contributed by atoms with Crippen LogP contribution >= 0.6 is 0 Å². The standard InChI is InChI=1S/C17H30N4/c1-3-9-18-15(17-13-7-5-6-8-14(13)17)11-16-19-12-20-21(16)10-4-2/h12-15,17-18H,3-11H2,1-2H3. The Balaban J connectivity index is 1.66. The van der Waals surface area contributed by atoms with Crippen molar-refractivity contribution in [2.75, 3.05) is 6.54 Å². The minimum absolute atomic E-state index is 0.609. The molecule has 2 fully saturated rings. The summed E-state index contributed by atoms with van der Waals surface area (Å²) in [5, 5.41) is 8.20. The largest absolute Gasteiger partial charge is 0.313 e. The van der Waals surface area contributed by atoms with Crippen molar-refractivity contribution in [2.45, 2.75) is 71.4 Å². The number of nitrogens with one attached hydrogen (secondary N) is 1. The van der Waals surface area contributed by atoms with Crippen LogP contribution in [0.3, 0.4) is 0 Å². The minimum atomic E-state index is 0.609. The van der Waals surface area contributed by atoms with Crippen molar-refractivity contribution in [3.8, 4) is 0 Å². The molecule has 1 aromatic heterocycles. The van der Waals surface area contributed by atoms with Crippen LogP contribution in [0.15, 0.2) is 6.33 Å². The minimum Gasteiger partial charge on any atom is -0.313 e. The fourth-order valence-electron chi connectivity index (χ4n) is 4.36. The van der Waals surface area contributed by atoms with Crippen LogP contribution in [-0.2, 0) is 13.0 Å². The molecule has 0 radical (unpaired) electrons. The zero-order valence-electron chi connectivity index (χ0n) is 13.6. The predicted octanol–water partition coefficient (Wildman–Crippen LogP) is 3.04. The molecule has 0 saturated heterocycles. The second-order valence-electron chi connectivity index (χ2n) is 6.85. The van der Waals surface area contributed by atoms with E-state index >= 15 is 0 Å². The van der Waals surface area contributed by atoms with E-state index in [9.17, 15) is 0 Å². The Labute approximate surface area is 128 Å². The first-order valence-electron chi connectivity index (χ1n) is 8.95. The van der Waals surface area contributed by atoms with Crippen LogP contribution in [0.2, 0.25) is 0 Å². The zero-order valence-corrected chi connectivity index (χ0v) is 13.6. The summed E-state index contributed by atoms with van der Waals surface area (Å²) in [7, 11) is 0. The highest BCUT2D eigenvalue weighted by Crippen LogP contribution is 2.57. The van der Waals surface area contributed by atoms with Crippen LogP contribution in [0, 0.1) is 17.8 Å². The first kappa shape index (κ1) is 15.0. The summed E-state index contributed by atoms with van der Waals surface area (Å²) in [5.74, 6) is 4.06. The maximum Gasteiger partial charge on any atom is 0.138 e. The zero-order chi connectivity index (χ0) is 14.7. The molecular weight excluding hydrogens is 260 g/mol. The molecule has 0 amide bonds. The molecule has 3 rings (SSSR count). The van der Waals surface area contributed by atoms with Gasteiger partial charge >= 0.3 is 0 Å². The first-order chi connectivity index (χ1) is 10.3. The summed E-state index contributed by atoms with van der Waals surface area (Å²) in [6, 6.07) is 0.609. The third-order valence-corrected chi connectivity index (χ3v) is 5.38. The van der Waals surface area contributed by atoms with Crippen LogP contribution in [0.1, 0.15) is 58.2 Å². The van der Waals surface area contributed by atoms with Crippen LogP contribution in [-0.4, -0.2) is 27.4 Å². The second-order valence-corrected chi connectivity index (χ2v) is 6.85. The lowest BCUT2D eigenvalue weighted by Crippen LogP contribution is -2.35. The molecule has 1 heterocycles. The molecule has 1 N–H and O–H groups in total. The summed E-state index contributed by atoms with van der Waals surface area (Å²) < 4.78 is 2.10. The predicted molar refractivity (Wildman–Crippen MR) is 85.0 cm³/mol. The Bertz CT molecular complexity index is 430. The maximum atomic E-state index is 4.52. The molecule has 118 valence electrons. The molecule has 4 heteroatoms. The van der Waals surface area contributed by atoms with E-state index in [2.05, 4.69) is 33.9 Å². The highest BCUT2D eigenvalue weighted by atomic mass is 15.3. The summed E-state index contributed by atoms with van der Waals surface area (Å²) >= 11 is 0. The van der Waals surface area contributed by atoms with Gasteiger partial charge in [-0.25, -0.2) is 4.98 Å². The van der Waals surface area contributed by atoms with E-state index in [4.69, 9.17) is 0 Å². The number of rotatable bonds is 8. The Morgan fingerprint density at radius 3 is 2.67 bits per heavy atom. The Morgan fingerprint density at radius 1 is 1.24 bits per heavy atom. The molecule has 0 bridgehead atoms. The molecule has 21 heavy (non-hydrogen) atoms. The third kappa shape index (κ3) is 3.31.